The summed E-state index contributed by atoms with van der Waals surface area (Å²) in [5.41, 5.74) is -1.62. The van der Waals surface area contributed by atoms with E-state index in [9.17, 15) is 24.3 Å². The molecule has 1 saturated carbocycles. The molecule has 3 rings (SSSR count). The van der Waals surface area contributed by atoms with Crippen molar-refractivity contribution in [1.82, 2.24) is 0 Å². The molecule has 0 bridgehead atoms. The second-order valence-corrected chi connectivity index (χ2v) is 9.67. The number of benzene rings is 1. The number of hydrogen-bond acceptors (Lipinski definition) is 13. The highest BCUT2D eigenvalue weighted by atomic mass is 16.8. The minimum atomic E-state index is -2.03. The molecule has 2 aliphatic rings. The SMILES string of the molecule is COC(=O)[C@]1(O)C[C@@H](OC(=O)/C=C/c2ccc(OC(C)=O)c(OC(C)=O)c2)[C@H]2O[C@@](C)(OC)[C@](C)(OC)O[C@@H]2C1. The first-order chi connectivity index (χ1) is 18.7. The third-order valence-electron chi connectivity index (χ3n) is 6.87. The minimum Gasteiger partial charge on any atom is -0.467 e. The Morgan fingerprint density at radius 3 is 2.10 bits per heavy atom. The zero-order valence-corrected chi connectivity index (χ0v) is 23.4. The Morgan fingerprint density at radius 2 is 1.52 bits per heavy atom. The number of ether oxygens (including phenoxy) is 8. The highest BCUT2D eigenvalue weighted by Gasteiger charge is 2.63. The van der Waals surface area contributed by atoms with Crippen molar-refractivity contribution < 1.29 is 62.2 Å². The van der Waals surface area contributed by atoms with Gasteiger partial charge < -0.3 is 43.0 Å². The van der Waals surface area contributed by atoms with Gasteiger partial charge >= 0.3 is 23.9 Å². The highest BCUT2D eigenvalue weighted by Crippen LogP contribution is 2.46. The lowest BCUT2D eigenvalue weighted by atomic mass is 9.78. The van der Waals surface area contributed by atoms with Crippen molar-refractivity contribution in [1.29, 1.82) is 0 Å². The molecule has 1 N–H and O–H groups in total. The lowest BCUT2D eigenvalue weighted by Crippen LogP contribution is -2.71. The fraction of sp³-hybridized carbons (Fsp3) is 0.556. The topological polar surface area (TPSA) is 162 Å². The van der Waals surface area contributed by atoms with Crippen molar-refractivity contribution in [3.63, 3.8) is 0 Å². The van der Waals surface area contributed by atoms with Crippen LogP contribution < -0.4 is 9.47 Å². The smallest absolute Gasteiger partial charge is 0.338 e. The van der Waals surface area contributed by atoms with Gasteiger partial charge in [-0.1, -0.05) is 6.07 Å². The summed E-state index contributed by atoms with van der Waals surface area (Å²) in [6.07, 6.45) is -1.10. The summed E-state index contributed by atoms with van der Waals surface area (Å²) in [6.45, 7) is 5.56. The Morgan fingerprint density at radius 1 is 0.925 bits per heavy atom. The zero-order valence-electron chi connectivity index (χ0n) is 23.4. The minimum absolute atomic E-state index is 0.0238. The summed E-state index contributed by atoms with van der Waals surface area (Å²) in [6, 6.07) is 4.32. The molecule has 1 heterocycles. The van der Waals surface area contributed by atoms with E-state index in [0.29, 0.717) is 5.56 Å². The Kier molecular flexibility index (Phi) is 9.37. The van der Waals surface area contributed by atoms with Gasteiger partial charge in [-0.25, -0.2) is 9.59 Å². The van der Waals surface area contributed by atoms with Gasteiger partial charge in [0.2, 0.25) is 11.6 Å². The number of carbonyl (C=O) groups excluding carboxylic acids is 4. The van der Waals surface area contributed by atoms with Gasteiger partial charge in [-0.2, -0.15) is 0 Å². The summed E-state index contributed by atoms with van der Waals surface area (Å²) in [5, 5.41) is 11.1. The quantitative estimate of drug-likeness (QED) is 0.275. The first kappa shape index (κ1) is 31.2. The van der Waals surface area contributed by atoms with Gasteiger partial charge in [0, 0.05) is 47.0 Å². The average molecular weight is 567 g/mol. The monoisotopic (exact) mass is 566 g/mol. The van der Waals surface area contributed by atoms with E-state index in [1.165, 1.54) is 52.3 Å². The largest absolute Gasteiger partial charge is 0.467 e. The van der Waals surface area contributed by atoms with Gasteiger partial charge in [0.15, 0.2) is 17.1 Å². The third-order valence-corrected chi connectivity index (χ3v) is 6.87. The Bertz CT molecular complexity index is 1180. The maximum Gasteiger partial charge on any atom is 0.338 e. The molecule has 2 fully saturated rings. The van der Waals surface area contributed by atoms with Gasteiger partial charge in [0.1, 0.15) is 12.2 Å². The molecule has 6 atom stereocenters. The number of rotatable bonds is 8. The summed E-state index contributed by atoms with van der Waals surface area (Å²) >= 11 is 0. The molecule has 0 aromatic heterocycles. The van der Waals surface area contributed by atoms with Crippen molar-refractivity contribution >= 4 is 30.0 Å². The predicted molar refractivity (Wildman–Crippen MR) is 135 cm³/mol. The van der Waals surface area contributed by atoms with Crippen LogP contribution in [0.5, 0.6) is 11.5 Å². The van der Waals surface area contributed by atoms with Crippen LogP contribution in [0.1, 0.15) is 46.1 Å². The van der Waals surface area contributed by atoms with E-state index in [0.717, 1.165) is 13.2 Å². The van der Waals surface area contributed by atoms with Crippen LogP contribution in [0.25, 0.3) is 6.08 Å². The van der Waals surface area contributed by atoms with E-state index in [1.807, 2.05) is 0 Å². The van der Waals surface area contributed by atoms with Gasteiger partial charge in [-0.3, -0.25) is 9.59 Å². The van der Waals surface area contributed by atoms with Crippen LogP contribution in [0, 0.1) is 0 Å². The van der Waals surface area contributed by atoms with Gasteiger partial charge in [0.25, 0.3) is 0 Å². The molecule has 1 aromatic rings. The summed E-state index contributed by atoms with van der Waals surface area (Å²) in [5.74, 6) is -5.86. The number of fused-ring (bicyclic) bond motifs is 1. The number of esters is 4. The fourth-order valence-corrected chi connectivity index (χ4v) is 4.63. The molecular weight excluding hydrogens is 532 g/mol. The first-order valence-corrected chi connectivity index (χ1v) is 12.4. The molecular formula is C27H34O13. The molecule has 13 heteroatoms. The van der Waals surface area contributed by atoms with Gasteiger partial charge in [-0.05, 0) is 37.6 Å². The van der Waals surface area contributed by atoms with E-state index < -0.39 is 59.4 Å². The van der Waals surface area contributed by atoms with Crippen LogP contribution in [-0.2, 0) is 47.6 Å². The normalized spacial score (nSPS) is 31.6. The average Bonchev–Trinajstić information content (AvgIpc) is 2.88. The summed E-state index contributed by atoms with van der Waals surface area (Å²) in [7, 11) is 3.92. The van der Waals surface area contributed by atoms with Crippen LogP contribution in [0.4, 0.5) is 0 Å². The lowest BCUT2D eigenvalue weighted by Gasteiger charge is -2.56. The second kappa shape index (κ2) is 12.0. The van der Waals surface area contributed by atoms with Crippen LogP contribution >= 0.6 is 0 Å². The maximum absolute atomic E-state index is 12.9. The molecule has 0 spiro atoms. The molecule has 220 valence electrons. The van der Waals surface area contributed by atoms with Crippen molar-refractivity contribution in [3.8, 4) is 11.5 Å². The van der Waals surface area contributed by atoms with Crippen molar-refractivity contribution in [2.24, 2.45) is 0 Å². The summed E-state index contributed by atoms with van der Waals surface area (Å²) in [4.78, 5) is 48.2. The van der Waals surface area contributed by atoms with Gasteiger partial charge in [0.05, 0.1) is 13.2 Å². The molecule has 13 nitrogen and oxygen atoms in total. The number of hydrogen-bond donors (Lipinski definition) is 1. The van der Waals surface area contributed by atoms with Crippen LogP contribution in [0.15, 0.2) is 24.3 Å². The van der Waals surface area contributed by atoms with E-state index in [2.05, 4.69) is 0 Å². The summed E-state index contributed by atoms with van der Waals surface area (Å²) < 4.78 is 43.9. The number of methoxy groups -OCH3 is 3. The van der Waals surface area contributed by atoms with Crippen LogP contribution in [-0.4, -0.2) is 85.8 Å². The number of aliphatic hydroxyl groups is 1. The van der Waals surface area contributed by atoms with E-state index in [-0.39, 0.29) is 24.3 Å². The Labute approximate surface area is 231 Å². The lowest BCUT2D eigenvalue weighted by molar-refractivity contribution is -0.460. The maximum atomic E-state index is 12.9. The van der Waals surface area contributed by atoms with Gasteiger partial charge in [-0.15, -0.1) is 0 Å². The zero-order chi connectivity index (χ0) is 29.9. The molecule has 1 aliphatic heterocycles. The Balaban J connectivity index is 1.86. The standard InChI is InChI=1S/C27H34O13/c1-15(28)36-18-10-8-17(12-19(18)37-16(2)29)9-11-22(30)38-20-13-27(32,24(31)33-5)14-21-23(20)40-26(4,35-7)25(3,34-6)39-21/h8-12,20-21,23,32H,13-14H2,1-7H3/b11-9+/t20-,21-,23-,25-,26-,27+/m1/s1. The van der Waals surface area contributed by atoms with Crippen molar-refractivity contribution in [2.45, 2.75) is 76.0 Å². The molecule has 0 radical (unpaired) electrons. The number of carbonyl (C=O) groups is 4. The molecule has 1 aromatic carbocycles. The molecule has 0 amide bonds. The van der Waals surface area contributed by atoms with E-state index >= 15 is 0 Å². The molecule has 1 aliphatic carbocycles. The Hall–Kier alpha value is -3.36. The molecule has 40 heavy (non-hydrogen) atoms. The van der Waals surface area contributed by atoms with E-state index in [1.54, 1.807) is 13.8 Å². The fourth-order valence-electron chi connectivity index (χ4n) is 4.63. The first-order valence-electron chi connectivity index (χ1n) is 12.4. The third kappa shape index (κ3) is 6.50. The molecule has 0 unspecified atom stereocenters. The van der Waals surface area contributed by atoms with Crippen molar-refractivity contribution in [2.75, 3.05) is 21.3 Å². The molecule has 1 saturated heterocycles. The van der Waals surface area contributed by atoms with Crippen LogP contribution in [0.2, 0.25) is 0 Å². The van der Waals surface area contributed by atoms with Crippen LogP contribution in [0.3, 0.4) is 0 Å². The predicted octanol–water partition coefficient (Wildman–Crippen LogP) is 1.67. The van der Waals surface area contributed by atoms with E-state index in [4.69, 9.17) is 37.9 Å². The van der Waals surface area contributed by atoms with Crippen molar-refractivity contribution in [3.05, 3.63) is 29.8 Å². The second-order valence-electron chi connectivity index (χ2n) is 9.67. The highest BCUT2D eigenvalue weighted by molar-refractivity contribution is 5.87.